The zero-order valence-electron chi connectivity index (χ0n) is 21.9. The highest BCUT2D eigenvalue weighted by Crippen LogP contribution is 2.35. The van der Waals surface area contributed by atoms with Gasteiger partial charge in [0.2, 0.25) is 0 Å². The van der Waals surface area contributed by atoms with E-state index in [9.17, 15) is 18.5 Å². The van der Waals surface area contributed by atoms with Gasteiger partial charge < -0.3 is 10.0 Å². The molecular formula is C30H30B2O4S2. The Kier molecular flexibility index (Phi) is 9.00. The van der Waals surface area contributed by atoms with E-state index in [4.69, 9.17) is 0 Å². The quantitative estimate of drug-likeness (QED) is 0.383. The molecule has 4 aromatic rings. The van der Waals surface area contributed by atoms with E-state index < -0.39 is 35.4 Å². The average molecular weight is 540 g/mol. The van der Waals surface area contributed by atoms with Crippen molar-refractivity contribution >= 4 is 80.2 Å². The summed E-state index contributed by atoms with van der Waals surface area (Å²) >= 11 is 0. The minimum absolute atomic E-state index is 0.611. The Morgan fingerprint density at radius 3 is 1.16 bits per heavy atom. The monoisotopic (exact) mass is 540 g/mol. The molecule has 0 spiro atoms. The first-order valence-electron chi connectivity index (χ1n) is 12.2. The summed E-state index contributed by atoms with van der Waals surface area (Å²) in [5, 5.41) is 24.5. The first kappa shape index (κ1) is 28.0. The van der Waals surface area contributed by atoms with Crippen LogP contribution in [0, 0.1) is 0 Å². The van der Waals surface area contributed by atoms with Crippen LogP contribution in [-0.2, 0) is 21.6 Å². The summed E-state index contributed by atoms with van der Waals surface area (Å²) in [4.78, 5) is 0. The summed E-state index contributed by atoms with van der Waals surface area (Å²) in [6.45, 7) is -1.39. The second kappa shape index (κ2) is 12.2. The van der Waals surface area contributed by atoms with Gasteiger partial charge in [-0.25, -0.2) is 0 Å². The van der Waals surface area contributed by atoms with Crippen LogP contribution in [0.1, 0.15) is 22.3 Å². The third kappa shape index (κ3) is 6.00. The highest BCUT2D eigenvalue weighted by molar-refractivity contribution is 7.83. The number of hydrogen-bond acceptors (Lipinski definition) is 4. The largest absolute Gasteiger partial charge is 0.443 e. The van der Waals surface area contributed by atoms with Crippen molar-refractivity contribution in [3.63, 3.8) is 0 Å². The predicted octanol–water partition coefficient (Wildman–Crippen LogP) is 3.40. The van der Waals surface area contributed by atoms with E-state index >= 15 is 0 Å². The lowest BCUT2D eigenvalue weighted by Gasteiger charge is -2.27. The summed E-state index contributed by atoms with van der Waals surface area (Å²) < 4.78 is 19.1. The molecule has 0 amide bonds. The molecule has 2 N–H and O–H groups in total. The topological polar surface area (TPSA) is 74.6 Å². The summed E-state index contributed by atoms with van der Waals surface area (Å²) in [7, 11) is -1.22. The molecule has 0 aliphatic carbocycles. The molecule has 8 heteroatoms. The molecule has 4 nitrogen and oxygen atoms in total. The fourth-order valence-electron chi connectivity index (χ4n) is 4.87. The second-order valence-electron chi connectivity index (χ2n) is 9.46. The molecule has 2 aliphatic rings. The van der Waals surface area contributed by atoms with Crippen LogP contribution in [0.15, 0.2) is 84.9 Å². The van der Waals surface area contributed by atoms with Crippen molar-refractivity contribution in [1.29, 1.82) is 0 Å². The molecule has 0 radical (unpaired) electrons. The van der Waals surface area contributed by atoms with Crippen molar-refractivity contribution in [3.05, 3.63) is 107 Å². The molecule has 2 aliphatic heterocycles. The van der Waals surface area contributed by atoms with Gasteiger partial charge in [0.1, 0.15) is 0 Å². The molecule has 0 saturated heterocycles. The van der Waals surface area contributed by atoms with Gasteiger partial charge in [0, 0.05) is 46.6 Å². The Morgan fingerprint density at radius 1 is 0.526 bits per heavy atom. The minimum atomic E-state index is -0.694. The molecule has 0 aromatic heterocycles. The third-order valence-corrected chi connectivity index (χ3v) is 6.30. The van der Waals surface area contributed by atoms with E-state index in [2.05, 4.69) is 24.3 Å². The minimum Gasteiger partial charge on any atom is -0.443 e. The van der Waals surface area contributed by atoms with Crippen molar-refractivity contribution in [1.82, 2.24) is 0 Å². The Labute approximate surface area is 230 Å². The summed E-state index contributed by atoms with van der Waals surface area (Å²) in [6, 6.07) is 28.2. The molecule has 0 saturated carbocycles. The summed E-state index contributed by atoms with van der Waals surface area (Å²) in [6.07, 6.45) is 10.7. The third-order valence-electron chi connectivity index (χ3n) is 6.30. The van der Waals surface area contributed by atoms with Gasteiger partial charge in [-0.2, -0.15) is 0 Å². The van der Waals surface area contributed by atoms with Crippen LogP contribution in [0.4, 0.5) is 0 Å². The van der Waals surface area contributed by atoms with E-state index in [0.29, 0.717) is 0 Å². The molecule has 0 unspecified atom stereocenters. The normalized spacial score (nSPS) is 13.4. The molecule has 38 heavy (non-hydrogen) atoms. The maximum atomic E-state index is 11.2. The van der Waals surface area contributed by atoms with Crippen molar-refractivity contribution in [2.45, 2.75) is 0 Å². The molecule has 192 valence electrons. The van der Waals surface area contributed by atoms with E-state index in [1.165, 1.54) is 0 Å². The van der Waals surface area contributed by atoms with Crippen LogP contribution in [0.25, 0.3) is 33.9 Å². The van der Waals surface area contributed by atoms with E-state index in [1.54, 1.807) is 25.0 Å². The molecular weight excluding hydrogens is 510 g/mol. The van der Waals surface area contributed by atoms with Crippen molar-refractivity contribution in [2.75, 3.05) is 25.0 Å². The number of rotatable bonds is 2. The van der Waals surface area contributed by atoms with E-state index in [-0.39, 0.29) is 0 Å². The highest BCUT2D eigenvalue weighted by atomic mass is 32.2. The fourth-order valence-corrected chi connectivity index (χ4v) is 4.87. The molecule has 6 rings (SSSR count). The van der Waals surface area contributed by atoms with Gasteiger partial charge in [0.15, 0.2) is 0 Å². The maximum Gasteiger partial charge on any atom is 0.360 e. The number of hydrogen-bond donors (Lipinski definition) is 2. The van der Waals surface area contributed by atoms with Crippen LogP contribution >= 0.6 is 0 Å². The van der Waals surface area contributed by atoms with Gasteiger partial charge in [-0.1, -0.05) is 97.1 Å². The van der Waals surface area contributed by atoms with E-state index in [1.807, 2.05) is 72.8 Å². The average Bonchev–Trinajstić information content (AvgIpc) is 2.89. The lowest BCUT2D eigenvalue weighted by molar-refractivity contribution is 0.600. The van der Waals surface area contributed by atoms with Crippen molar-refractivity contribution in [2.24, 2.45) is 0 Å². The van der Waals surface area contributed by atoms with Gasteiger partial charge in [0.25, 0.3) is 0 Å². The molecule has 2 heterocycles. The Bertz CT molecular complexity index is 1440. The zero-order chi connectivity index (χ0) is 27.4. The van der Waals surface area contributed by atoms with Crippen molar-refractivity contribution < 1.29 is 18.5 Å². The Balaban J connectivity index is 0.000000373. The second-order valence-corrected chi connectivity index (χ2v) is 12.4. The van der Waals surface area contributed by atoms with Crippen LogP contribution in [0.5, 0.6) is 0 Å². The van der Waals surface area contributed by atoms with Crippen LogP contribution in [-0.4, -0.2) is 57.3 Å². The lowest BCUT2D eigenvalue weighted by Crippen LogP contribution is -2.39. The predicted molar refractivity (Wildman–Crippen MR) is 168 cm³/mol. The van der Waals surface area contributed by atoms with Crippen LogP contribution in [0.2, 0.25) is 0 Å². The SMILES string of the molecule is CS(C)=O.CS(C)=O.OB1C(c2ccccc2)=Cc2ccc3c4c(ccc1c24)C=C(c1ccccc1)B3O. The molecule has 0 fully saturated rings. The van der Waals surface area contributed by atoms with Gasteiger partial charge in [0.05, 0.1) is 0 Å². The Hall–Kier alpha value is -3.03. The van der Waals surface area contributed by atoms with Crippen molar-refractivity contribution in [3.8, 4) is 0 Å². The summed E-state index contributed by atoms with van der Waals surface area (Å²) in [5.41, 5.74) is 7.82. The standard InChI is InChI=1S/C26H18B2O2.2C2H6OS/c29-27-21-13-12-20-16-24(18-9-5-2-6-10-18)28(30)22-14-11-19(25(21)26(20)22)15-23(27)17-7-3-1-4-8-17;2*1-4(2)3/h1-16,29-30H;2*1-2H3. The van der Waals surface area contributed by atoms with Gasteiger partial charge in [-0.05, 0) is 54.9 Å². The van der Waals surface area contributed by atoms with Crippen LogP contribution in [0.3, 0.4) is 0 Å². The van der Waals surface area contributed by atoms with Gasteiger partial charge in [-0.3, -0.25) is 8.42 Å². The Morgan fingerprint density at radius 2 is 0.842 bits per heavy atom. The number of benzene rings is 4. The summed E-state index contributed by atoms with van der Waals surface area (Å²) in [5.74, 6) is 0. The smallest absolute Gasteiger partial charge is 0.360 e. The highest BCUT2D eigenvalue weighted by Gasteiger charge is 2.33. The van der Waals surface area contributed by atoms with Gasteiger partial charge >= 0.3 is 13.8 Å². The molecule has 4 aromatic carbocycles. The van der Waals surface area contributed by atoms with E-state index in [0.717, 1.165) is 54.9 Å². The first-order chi connectivity index (χ1) is 18.2. The maximum absolute atomic E-state index is 11.2. The van der Waals surface area contributed by atoms with Crippen LogP contribution < -0.4 is 10.9 Å². The van der Waals surface area contributed by atoms with Gasteiger partial charge in [-0.15, -0.1) is 0 Å². The molecule has 0 atom stereocenters. The zero-order valence-corrected chi connectivity index (χ0v) is 23.6. The molecule has 0 bridgehead atoms. The lowest BCUT2D eigenvalue weighted by atomic mass is 9.46. The fraction of sp³-hybridized carbons (Fsp3) is 0.133. The first-order valence-corrected chi connectivity index (χ1v) is 16.1.